The van der Waals surface area contributed by atoms with Gasteiger partial charge in [-0.15, -0.1) is 11.3 Å². The zero-order chi connectivity index (χ0) is 50.1. The standard InChI is InChI=1S/C54H77N9O7S/c1-36(2)57-54(68)70-43-25-24-39(29-43)45-32-49(61-60-45)59-51(66)41-33-56-62(34-41)26-15-10-8-6-5-7-9-11-16-28-69-42-22-17-21-40(30-42)50(65)46-35-71-52(58-46)47-23-18-27-63(47)53(67)44(31-48(64)37(3)55-4)38-19-13-12-14-20-38/h17,21-22,30,32-39,43-44,47,55H,5-16,18-20,23-29,31H2,1-4H3,(H,57,68)(H2,59,60,61,66)/t37-,39-,43+,44?,47-/m0/s1. The molecule has 71 heavy (non-hydrogen) atoms. The largest absolute Gasteiger partial charge is 0.494 e. The minimum absolute atomic E-state index is 0.0256. The molecule has 0 spiro atoms. The van der Waals surface area contributed by atoms with Crippen molar-refractivity contribution in [1.82, 2.24) is 40.5 Å². The first kappa shape index (κ1) is 53.4. The first-order valence-corrected chi connectivity index (χ1v) is 27.4. The molecule has 0 bridgehead atoms. The van der Waals surface area contributed by atoms with Gasteiger partial charge in [0, 0.05) is 66.3 Å². The molecule has 4 aromatic rings. The highest BCUT2D eigenvalue weighted by atomic mass is 32.1. The van der Waals surface area contributed by atoms with E-state index in [0.717, 1.165) is 107 Å². The summed E-state index contributed by atoms with van der Waals surface area (Å²) in [7, 11) is 1.78. The maximum Gasteiger partial charge on any atom is 0.407 e. The molecule has 5 atom stereocenters. The molecule has 1 saturated heterocycles. The molecule has 7 rings (SSSR count). The Morgan fingerprint density at radius 3 is 2.39 bits per heavy atom. The molecule has 4 heterocycles. The summed E-state index contributed by atoms with van der Waals surface area (Å²) in [6.45, 7) is 7.66. The fraction of sp³-hybridized carbons (Fsp3) is 0.630. The van der Waals surface area contributed by atoms with Gasteiger partial charge < -0.3 is 30.3 Å². The number of likely N-dealkylation sites (tertiary alicyclic amines) is 1. The van der Waals surface area contributed by atoms with E-state index in [1.54, 1.807) is 31.6 Å². The average Bonchev–Trinajstić information content (AvgIpc) is 4.24. The topological polar surface area (TPSA) is 203 Å². The Kier molecular flexibility index (Phi) is 20.2. The van der Waals surface area contributed by atoms with Crippen molar-refractivity contribution in [3.63, 3.8) is 0 Å². The minimum atomic E-state index is -0.387. The van der Waals surface area contributed by atoms with E-state index in [2.05, 4.69) is 31.2 Å². The van der Waals surface area contributed by atoms with Crippen LogP contribution in [-0.4, -0.2) is 97.7 Å². The number of benzene rings is 1. The lowest BCUT2D eigenvalue weighted by molar-refractivity contribution is -0.141. The molecule has 3 fully saturated rings. The number of rotatable bonds is 27. The van der Waals surface area contributed by atoms with Crippen LogP contribution >= 0.6 is 11.3 Å². The van der Waals surface area contributed by atoms with Crippen LogP contribution in [-0.2, 0) is 20.9 Å². The Bertz CT molecular complexity index is 2350. The predicted octanol–water partition coefficient (Wildman–Crippen LogP) is 10.3. The number of hydrogen-bond donors (Lipinski definition) is 4. The van der Waals surface area contributed by atoms with E-state index in [-0.39, 0.29) is 77.9 Å². The smallest absolute Gasteiger partial charge is 0.407 e. The summed E-state index contributed by atoms with van der Waals surface area (Å²) in [4.78, 5) is 72.7. The highest BCUT2D eigenvalue weighted by Gasteiger charge is 2.40. The maximum atomic E-state index is 14.3. The van der Waals surface area contributed by atoms with E-state index in [0.29, 0.717) is 48.0 Å². The second-order valence-corrected chi connectivity index (χ2v) is 21.2. The van der Waals surface area contributed by atoms with Crippen LogP contribution in [0.25, 0.3) is 0 Å². The number of nitrogens with zero attached hydrogens (tertiary/aromatic N) is 5. The first-order valence-electron chi connectivity index (χ1n) is 26.5. The molecular formula is C54H77N9O7S. The van der Waals surface area contributed by atoms with E-state index in [1.165, 1.54) is 37.0 Å². The van der Waals surface area contributed by atoms with Gasteiger partial charge in [-0.2, -0.15) is 10.2 Å². The number of H-pyrrole nitrogens is 1. The van der Waals surface area contributed by atoms with Crippen molar-refractivity contribution in [2.24, 2.45) is 11.8 Å². The fourth-order valence-corrected chi connectivity index (χ4v) is 11.4. The zero-order valence-electron chi connectivity index (χ0n) is 42.4. The lowest BCUT2D eigenvalue weighted by Gasteiger charge is -2.34. The van der Waals surface area contributed by atoms with Crippen molar-refractivity contribution in [1.29, 1.82) is 0 Å². The van der Waals surface area contributed by atoms with E-state index in [9.17, 15) is 24.0 Å². The summed E-state index contributed by atoms with van der Waals surface area (Å²) in [5, 5.41) is 23.0. The molecule has 0 radical (unpaired) electrons. The van der Waals surface area contributed by atoms with E-state index in [4.69, 9.17) is 14.5 Å². The Morgan fingerprint density at radius 1 is 0.873 bits per heavy atom. The van der Waals surface area contributed by atoms with Crippen LogP contribution in [0.3, 0.4) is 0 Å². The number of nitrogens with one attached hydrogen (secondary N) is 4. The Labute approximate surface area is 423 Å². The third-order valence-corrected chi connectivity index (χ3v) is 15.5. The van der Waals surface area contributed by atoms with E-state index < -0.39 is 0 Å². The molecule has 3 aliphatic rings. The van der Waals surface area contributed by atoms with Crippen molar-refractivity contribution in [2.75, 3.05) is 25.5 Å². The van der Waals surface area contributed by atoms with Gasteiger partial charge in [0.2, 0.25) is 11.7 Å². The monoisotopic (exact) mass is 996 g/mol. The number of aryl methyl sites for hydroxylation is 1. The summed E-state index contributed by atoms with van der Waals surface area (Å²) in [5.74, 6) is 0.961. The normalized spacial score (nSPS) is 19.2. The van der Waals surface area contributed by atoms with Gasteiger partial charge in [0.1, 0.15) is 28.3 Å². The van der Waals surface area contributed by atoms with Crippen molar-refractivity contribution in [3.8, 4) is 5.75 Å². The lowest BCUT2D eigenvalue weighted by Crippen LogP contribution is -2.42. The van der Waals surface area contributed by atoms with Gasteiger partial charge in [0.05, 0.1) is 30.5 Å². The van der Waals surface area contributed by atoms with Gasteiger partial charge in [0.25, 0.3) is 5.91 Å². The third kappa shape index (κ3) is 15.5. The zero-order valence-corrected chi connectivity index (χ0v) is 43.2. The van der Waals surface area contributed by atoms with Crippen LogP contribution in [0.1, 0.15) is 198 Å². The molecule has 386 valence electrons. The number of likely N-dealkylation sites (N-methyl/N-ethyl adjacent to an activating group) is 1. The summed E-state index contributed by atoms with van der Waals surface area (Å²) >= 11 is 1.44. The number of ketones is 2. The van der Waals surface area contributed by atoms with Crippen molar-refractivity contribution in [3.05, 3.63) is 75.6 Å². The summed E-state index contributed by atoms with van der Waals surface area (Å²) in [6, 6.07) is 8.75. The van der Waals surface area contributed by atoms with Gasteiger partial charge in [-0.3, -0.25) is 29.0 Å². The maximum absolute atomic E-state index is 14.3. The number of alkyl carbamates (subject to hydrolysis) is 1. The lowest BCUT2D eigenvalue weighted by atomic mass is 9.76. The van der Waals surface area contributed by atoms with Crippen molar-refractivity contribution < 1.29 is 33.4 Å². The molecule has 2 saturated carbocycles. The summed E-state index contributed by atoms with van der Waals surface area (Å²) in [5.41, 5.74) is 2.32. The molecule has 2 aliphatic carbocycles. The van der Waals surface area contributed by atoms with Crippen LogP contribution < -0.4 is 20.7 Å². The number of Topliss-reactive ketones (excluding diaryl/α,β-unsaturated/α-hetero) is 1. The SMILES string of the molecule is CN[C@@H](C)C(=O)CC(C(=O)N1CCC[C@H]1c1nc(C(=O)c2cccc(OCCCCCCCCCCCn3cc(C(=O)Nc4cc([C@H]5CC[C@@H](OC(=O)NC(C)C)C5)[nH]n4)cn3)c2)cs1)C1CCCCC1. The van der Waals surface area contributed by atoms with Gasteiger partial charge in [-0.05, 0) is 104 Å². The quantitative estimate of drug-likeness (QED) is 0.0327. The Morgan fingerprint density at radius 2 is 1.63 bits per heavy atom. The molecule has 16 nitrogen and oxygen atoms in total. The molecule has 3 amide bonds. The number of amides is 3. The Hall–Kier alpha value is -5.42. The molecule has 1 aliphatic heterocycles. The number of thiazole rings is 1. The molecule has 17 heteroatoms. The number of aromatic amines is 1. The van der Waals surface area contributed by atoms with Gasteiger partial charge in [0.15, 0.2) is 5.82 Å². The highest BCUT2D eigenvalue weighted by Crippen LogP contribution is 2.40. The molecule has 1 unspecified atom stereocenters. The van der Waals surface area contributed by atoms with E-state index in [1.807, 2.05) is 53.9 Å². The van der Waals surface area contributed by atoms with Crippen LogP contribution in [0.15, 0.2) is 48.1 Å². The molecular weight excluding hydrogens is 919 g/mol. The highest BCUT2D eigenvalue weighted by molar-refractivity contribution is 7.10. The van der Waals surface area contributed by atoms with Gasteiger partial charge >= 0.3 is 6.09 Å². The van der Waals surface area contributed by atoms with Crippen LogP contribution in [0.4, 0.5) is 10.6 Å². The summed E-state index contributed by atoms with van der Waals surface area (Å²) in [6.07, 6.45) is 22.5. The van der Waals surface area contributed by atoms with Crippen LogP contribution in [0, 0.1) is 11.8 Å². The number of carbonyl (C=O) groups is 5. The van der Waals surface area contributed by atoms with Crippen LogP contribution in [0.2, 0.25) is 0 Å². The number of anilines is 1. The van der Waals surface area contributed by atoms with Crippen LogP contribution in [0.5, 0.6) is 5.75 Å². The Balaban J connectivity index is 0.742. The van der Waals surface area contributed by atoms with Crippen molar-refractivity contribution >= 4 is 46.6 Å². The molecule has 4 N–H and O–H groups in total. The average molecular weight is 996 g/mol. The second-order valence-electron chi connectivity index (χ2n) is 20.3. The first-order chi connectivity index (χ1) is 34.4. The number of ether oxygens (including phenoxy) is 2. The number of unbranched alkanes of at least 4 members (excludes halogenated alkanes) is 8. The third-order valence-electron chi connectivity index (χ3n) is 14.6. The number of carbonyl (C=O) groups excluding carboxylic acids is 5. The molecule has 3 aromatic heterocycles. The van der Waals surface area contributed by atoms with Crippen molar-refractivity contribution in [2.45, 2.75) is 186 Å². The van der Waals surface area contributed by atoms with Gasteiger partial charge in [-0.25, -0.2) is 9.78 Å². The molecule has 1 aromatic carbocycles. The van der Waals surface area contributed by atoms with E-state index >= 15 is 0 Å². The number of hydrogen-bond acceptors (Lipinski definition) is 12. The minimum Gasteiger partial charge on any atom is -0.494 e. The second kappa shape index (κ2) is 26.9. The number of aromatic nitrogens is 5. The fourth-order valence-electron chi connectivity index (χ4n) is 10.4. The van der Waals surface area contributed by atoms with Gasteiger partial charge in [-0.1, -0.05) is 76.3 Å². The predicted molar refractivity (Wildman–Crippen MR) is 275 cm³/mol. The summed E-state index contributed by atoms with van der Waals surface area (Å²) < 4.78 is 13.5.